The summed E-state index contributed by atoms with van der Waals surface area (Å²) < 4.78 is 21.3. The summed E-state index contributed by atoms with van der Waals surface area (Å²) in [6.07, 6.45) is 4.37. The molecule has 8 nitrogen and oxygen atoms in total. The largest absolute Gasteiger partial charge is 0.493 e. The molecule has 1 fully saturated rings. The topological polar surface area (TPSA) is 90.2 Å². The molecule has 1 aliphatic heterocycles. The molecule has 1 aromatic carbocycles. The van der Waals surface area contributed by atoms with Crippen LogP contribution in [-0.4, -0.2) is 57.7 Å². The normalized spacial score (nSPS) is 14.2. The summed E-state index contributed by atoms with van der Waals surface area (Å²) >= 11 is 0. The Hall–Kier alpha value is -3.16. The number of likely N-dealkylation sites (tertiary alicyclic amines) is 1. The number of nitrogens with zero attached hydrogens (tertiary/aromatic N) is 1. The second-order valence-electron chi connectivity index (χ2n) is 7.53. The molecule has 31 heavy (non-hydrogen) atoms. The number of piperidine rings is 1. The molecule has 1 aliphatic rings. The summed E-state index contributed by atoms with van der Waals surface area (Å²) in [5.74, 6) is 2.45. The second-order valence-corrected chi connectivity index (χ2v) is 7.53. The summed E-state index contributed by atoms with van der Waals surface area (Å²) in [5.41, 5.74) is 0.489. The van der Waals surface area contributed by atoms with E-state index in [2.05, 4.69) is 5.32 Å². The van der Waals surface area contributed by atoms with Crippen molar-refractivity contribution < 1.29 is 28.2 Å². The van der Waals surface area contributed by atoms with E-state index < -0.39 is 0 Å². The molecule has 2 aromatic rings. The number of benzene rings is 1. The molecule has 0 atom stereocenters. The molecule has 0 unspecified atom stereocenters. The standard InChI is InChI=1S/C23H30N2O6/c1-28-19-14-17(15-20(29-2)22(19)30-3)23(27)25-10-7-16(8-11-25)13-21(26)24-9-6-18-5-4-12-31-18/h4-5,12,14-16H,6-11,13H2,1-3H3,(H,24,26). The smallest absolute Gasteiger partial charge is 0.254 e. The van der Waals surface area contributed by atoms with Gasteiger partial charge in [-0.3, -0.25) is 9.59 Å². The van der Waals surface area contributed by atoms with Gasteiger partial charge in [0, 0.05) is 38.0 Å². The molecule has 8 heteroatoms. The van der Waals surface area contributed by atoms with Crippen LogP contribution in [0.1, 0.15) is 35.4 Å². The van der Waals surface area contributed by atoms with Crippen LogP contribution in [0.2, 0.25) is 0 Å². The molecular formula is C23H30N2O6. The third-order valence-electron chi connectivity index (χ3n) is 5.56. The lowest BCUT2D eigenvalue weighted by atomic mass is 9.92. The Morgan fingerprint density at radius 3 is 2.32 bits per heavy atom. The maximum Gasteiger partial charge on any atom is 0.254 e. The number of amides is 2. The van der Waals surface area contributed by atoms with Gasteiger partial charge in [-0.1, -0.05) is 0 Å². The van der Waals surface area contributed by atoms with E-state index in [0.717, 1.165) is 18.6 Å². The number of nitrogens with one attached hydrogen (secondary N) is 1. The number of carbonyl (C=O) groups is 2. The lowest BCUT2D eigenvalue weighted by molar-refractivity contribution is -0.122. The average molecular weight is 431 g/mol. The maximum atomic E-state index is 13.0. The van der Waals surface area contributed by atoms with Crippen LogP contribution in [0.25, 0.3) is 0 Å². The van der Waals surface area contributed by atoms with Gasteiger partial charge in [0.25, 0.3) is 5.91 Å². The Bertz CT molecular complexity index is 847. The van der Waals surface area contributed by atoms with E-state index in [4.69, 9.17) is 18.6 Å². The number of hydrogen-bond donors (Lipinski definition) is 1. The Balaban J connectivity index is 1.50. The summed E-state index contributed by atoms with van der Waals surface area (Å²) in [7, 11) is 4.58. The van der Waals surface area contributed by atoms with Gasteiger partial charge in [0.05, 0.1) is 27.6 Å². The first kappa shape index (κ1) is 22.5. The fraction of sp³-hybridized carbons (Fsp3) is 0.478. The monoisotopic (exact) mass is 430 g/mol. The highest BCUT2D eigenvalue weighted by molar-refractivity contribution is 5.95. The minimum atomic E-state index is -0.0828. The fourth-order valence-electron chi connectivity index (χ4n) is 3.84. The third-order valence-corrected chi connectivity index (χ3v) is 5.56. The molecule has 0 spiro atoms. The zero-order valence-electron chi connectivity index (χ0n) is 18.3. The van der Waals surface area contributed by atoms with Gasteiger partial charge in [0.2, 0.25) is 11.7 Å². The van der Waals surface area contributed by atoms with Crippen LogP contribution in [0.3, 0.4) is 0 Å². The zero-order valence-corrected chi connectivity index (χ0v) is 18.3. The van der Waals surface area contributed by atoms with Crippen molar-refractivity contribution in [1.29, 1.82) is 0 Å². The van der Waals surface area contributed by atoms with E-state index in [1.54, 1.807) is 18.4 Å². The Labute approximate surface area is 182 Å². The van der Waals surface area contributed by atoms with Gasteiger partial charge in [0.1, 0.15) is 5.76 Å². The molecular weight excluding hydrogens is 400 g/mol. The van der Waals surface area contributed by atoms with Gasteiger partial charge in [-0.05, 0) is 43.0 Å². The minimum absolute atomic E-state index is 0.0426. The molecule has 3 rings (SSSR count). The zero-order chi connectivity index (χ0) is 22.2. The van der Waals surface area contributed by atoms with Crippen molar-refractivity contribution in [2.75, 3.05) is 41.0 Å². The van der Waals surface area contributed by atoms with Gasteiger partial charge in [-0.15, -0.1) is 0 Å². The fourth-order valence-corrected chi connectivity index (χ4v) is 3.84. The average Bonchev–Trinajstić information content (AvgIpc) is 3.31. The van der Waals surface area contributed by atoms with E-state index in [1.165, 1.54) is 21.3 Å². The Kier molecular flexibility index (Phi) is 7.81. The SMILES string of the molecule is COc1cc(C(=O)N2CCC(CC(=O)NCCc3ccco3)CC2)cc(OC)c1OC. The van der Waals surface area contributed by atoms with Crippen molar-refractivity contribution in [3.05, 3.63) is 41.9 Å². The second kappa shape index (κ2) is 10.7. The molecule has 0 saturated carbocycles. The first-order valence-electron chi connectivity index (χ1n) is 10.4. The lowest BCUT2D eigenvalue weighted by Crippen LogP contribution is -2.39. The summed E-state index contributed by atoms with van der Waals surface area (Å²) in [5, 5.41) is 2.95. The van der Waals surface area contributed by atoms with Gasteiger partial charge in [-0.25, -0.2) is 0 Å². The van der Waals surface area contributed by atoms with Crippen molar-refractivity contribution >= 4 is 11.8 Å². The van der Waals surface area contributed by atoms with Gasteiger partial charge in [-0.2, -0.15) is 0 Å². The number of ether oxygens (including phenoxy) is 3. The molecule has 2 heterocycles. The van der Waals surface area contributed by atoms with Gasteiger partial charge in [0.15, 0.2) is 11.5 Å². The highest BCUT2D eigenvalue weighted by Crippen LogP contribution is 2.38. The molecule has 0 bridgehead atoms. The highest BCUT2D eigenvalue weighted by Gasteiger charge is 2.26. The predicted molar refractivity (Wildman–Crippen MR) is 115 cm³/mol. The van der Waals surface area contributed by atoms with Crippen molar-refractivity contribution in [3.63, 3.8) is 0 Å². The Morgan fingerprint density at radius 2 is 1.77 bits per heavy atom. The predicted octanol–water partition coefficient (Wildman–Crippen LogP) is 2.91. The molecule has 0 aliphatic carbocycles. The molecule has 2 amide bonds. The van der Waals surface area contributed by atoms with Crippen molar-refractivity contribution in [2.45, 2.75) is 25.7 Å². The van der Waals surface area contributed by atoms with Crippen molar-refractivity contribution in [1.82, 2.24) is 10.2 Å². The minimum Gasteiger partial charge on any atom is -0.493 e. The third kappa shape index (κ3) is 5.71. The van der Waals surface area contributed by atoms with Crippen molar-refractivity contribution in [3.8, 4) is 17.2 Å². The summed E-state index contributed by atoms with van der Waals surface area (Å²) in [6, 6.07) is 7.07. The van der Waals surface area contributed by atoms with E-state index >= 15 is 0 Å². The van der Waals surface area contributed by atoms with E-state index in [9.17, 15) is 9.59 Å². The number of carbonyl (C=O) groups excluding carboxylic acids is 2. The summed E-state index contributed by atoms with van der Waals surface area (Å²) in [6.45, 7) is 1.78. The number of hydrogen-bond acceptors (Lipinski definition) is 6. The van der Waals surface area contributed by atoms with Gasteiger partial charge >= 0.3 is 0 Å². The molecule has 1 saturated heterocycles. The number of furan rings is 1. The van der Waals surface area contributed by atoms with Crippen molar-refractivity contribution in [2.24, 2.45) is 5.92 Å². The maximum absolute atomic E-state index is 13.0. The first-order valence-corrected chi connectivity index (χ1v) is 10.4. The molecule has 168 valence electrons. The quantitative estimate of drug-likeness (QED) is 0.658. The molecule has 0 radical (unpaired) electrons. The van der Waals surface area contributed by atoms with Crippen LogP contribution in [0, 0.1) is 5.92 Å². The van der Waals surface area contributed by atoms with Crippen LogP contribution in [0.15, 0.2) is 34.9 Å². The Morgan fingerprint density at radius 1 is 1.10 bits per heavy atom. The number of rotatable bonds is 9. The van der Waals surface area contributed by atoms with E-state index in [1.807, 2.05) is 17.0 Å². The molecule has 1 N–H and O–H groups in total. The van der Waals surface area contributed by atoms with Crippen LogP contribution in [0.5, 0.6) is 17.2 Å². The first-order chi connectivity index (χ1) is 15.0. The molecule has 1 aromatic heterocycles. The lowest BCUT2D eigenvalue weighted by Gasteiger charge is -2.32. The summed E-state index contributed by atoms with van der Waals surface area (Å²) in [4.78, 5) is 27.0. The van der Waals surface area contributed by atoms with E-state index in [0.29, 0.717) is 55.3 Å². The van der Waals surface area contributed by atoms with Crippen LogP contribution >= 0.6 is 0 Å². The number of methoxy groups -OCH3 is 3. The van der Waals surface area contributed by atoms with E-state index in [-0.39, 0.29) is 17.7 Å². The van der Waals surface area contributed by atoms with Gasteiger partial charge < -0.3 is 28.8 Å². The highest BCUT2D eigenvalue weighted by atomic mass is 16.5. The van der Waals surface area contributed by atoms with Crippen LogP contribution < -0.4 is 19.5 Å². The van der Waals surface area contributed by atoms with Crippen LogP contribution in [-0.2, 0) is 11.2 Å². The van der Waals surface area contributed by atoms with Crippen LogP contribution in [0.4, 0.5) is 0 Å².